The smallest absolute Gasteiger partial charge is 0.418 e. The van der Waals surface area contributed by atoms with Crippen molar-refractivity contribution in [3.05, 3.63) is 83.7 Å². The summed E-state index contributed by atoms with van der Waals surface area (Å²) in [6.45, 7) is 1.58. The highest BCUT2D eigenvalue weighted by atomic mass is 32.2. The molecule has 0 aliphatic rings. The monoisotopic (exact) mass is 492 g/mol. The lowest BCUT2D eigenvalue weighted by Gasteiger charge is -2.18. The Labute approximate surface area is 197 Å². The number of rotatable bonds is 7. The topological polar surface area (TPSA) is 67.4 Å². The third-order valence-corrected chi connectivity index (χ3v) is 5.80. The Morgan fingerprint density at radius 1 is 0.941 bits per heavy atom. The summed E-state index contributed by atoms with van der Waals surface area (Å²) in [5, 5.41) is 3.98. The lowest BCUT2D eigenvalue weighted by molar-refractivity contribution is -0.136. The number of ether oxygens (including phenoxy) is 1. The van der Waals surface area contributed by atoms with Crippen molar-refractivity contribution in [3.8, 4) is 5.75 Å². The molecule has 1 atom stereocenters. The molecule has 0 saturated carbocycles. The maximum absolute atomic E-state index is 13.7. The van der Waals surface area contributed by atoms with Crippen molar-refractivity contribution in [2.45, 2.75) is 23.2 Å². The number of benzene rings is 3. The number of anilines is 2. The second-order valence-electron chi connectivity index (χ2n) is 7.14. The summed E-state index contributed by atoms with van der Waals surface area (Å²) in [4.78, 5) is 25.6. The van der Waals surface area contributed by atoms with Gasteiger partial charge in [0.25, 0.3) is 5.91 Å². The fourth-order valence-electron chi connectivity index (χ4n) is 2.92. The zero-order chi connectivity index (χ0) is 24.9. The van der Waals surface area contributed by atoms with Crippen molar-refractivity contribution in [1.82, 2.24) is 0 Å². The molecule has 0 aliphatic heterocycles. The average Bonchev–Trinajstić information content (AvgIpc) is 2.80. The van der Waals surface area contributed by atoms with Crippen LogP contribution < -0.4 is 15.4 Å². The Balaban J connectivity index is 1.74. The van der Waals surface area contributed by atoms with Crippen molar-refractivity contribution in [2.75, 3.05) is 17.7 Å². The van der Waals surface area contributed by atoms with Gasteiger partial charge in [-0.3, -0.25) is 9.59 Å². The first-order valence-corrected chi connectivity index (χ1v) is 10.8. The van der Waals surface area contributed by atoms with E-state index in [1.807, 2.05) is 0 Å². The van der Waals surface area contributed by atoms with E-state index in [2.05, 4.69) is 10.6 Å². The summed E-state index contributed by atoms with van der Waals surface area (Å²) in [5.41, 5.74) is -1.59. The summed E-state index contributed by atoms with van der Waals surface area (Å²) in [7, 11) is 1.52. The van der Waals surface area contributed by atoms with E-state index in [1.54, 1.807) is 31.2 Å². The molecule has 0 saturated heterocycles. The summed E-state index contributed by atoms with van der Waals surface area (Å²) in [6, 6.07) is 14.5. The minimum atomic E-state index is -4.79. The van der Waals surface area contributed by atoms with E-state index in [4.69, 9.17) is 4.74 Å². The first-order chi connectivity index (χ1) is 16.1. The van der Waals surface area contributed by atoms with E-state index in [9.17, 15) is 27.2 Å². The molecule has 5 nitrogen and oxygen atoms in total. The molecule has 0 heterocycles. The number of carbonyl (C=O) groups excluding carboxylic acids is 2. The van der Waals surface area contributed by atoms with Gasteiger partial charge < -0.3 is 15.4 Å². The number of carbonyl (C=O) groups is 2. The van der Waals surface area contributed by atoms with Crippen molar-refractivity contribution in [3.63, 3.8) is 0 Å². The first kappa shape index (κ1) is 25.1. The van der Waals surface area contributed by atoms with Crippen molar-refractivity contribution >= 4 is 35.0 Å². The number of hydrogen-bond acceptors (Lipinski definition) is 4. The molecule has 178 valence electrons. The first-order valence-electron chi connectivity index (χ1n) is 9.96. The normalized spacial score (nSPS) is 12.1. The van der Waals surface area contributed by atoms with E-state index in [0.29, 0.717) is 5.75 Å². The molecule has 3 rings (SSSR count). The predicted octanol–water partition coefficient (Wildman–Crippen LogP) is 6.22. The highest BCUT2D eigenvalue weighted by molar-refractivity contribution is 8.00. The van der Waals surface area contributed by atoms with Crippen LogP contribution in [0.1, 0.15) is 22.8 Å². The van der Waals surface area contributed by atoms with E-state index in [-0.39, 0.29) is 11.3 Å². The Kier molecular flexibility index (Phi) is 7.83. The molecule has 0 aromatic heterocycles. The van der Waals surface area contributed by atoms with Crippen LogP contribution in [0.3, 0.4) is 0 Å². The fourth-order valence-corrected chi connectivity index (χ4v) is 3.78. The standard InChI is InChI=1S/C24H20F4N2O3S/c1-14(34-19-10-8-18(33-2)9-11-19)22(31)30-21-12-7-17(13-20(21)24(26,27)28)29-23(32)15-3-5-16(25)6-4-15/h3-14H,1-2H3,(H,29,32)(H,30,31). The number of amides is 2. The summed E-state index contributed by atoms with van der Waals surface area (Å²) >= 11 is 1.18. The molecule has 1 unspecified atom stereocenters. The molecule has 0 radical (unpaired) electrons. The number of alkyl halides is 3. The van der Waals surface area contributed by atoms with Gasteiger partial charge in [0.2, 0.25) is 5.91 Å². The van der Waals surface area contributed by atoms with Gasteiger partial charge in [-0.15, -0.1) is 11.8 Å². The van der Waals surface area contributed by atoms with Gasteiger partial charge in [-0.05, 0) is 73.7 Å². The molecular weight excluding hydrogens is 472 g/mol. The van der Waals surface area contributed by atoms with Crippen molar-refractivity contribution < 1.29 is 31.9 Å². The second-order valence-corrected chi connectivity index (χ2v) is 8.56. The maximum atomic E-state index is 13.7. The Morgan fingerprint density at radius 2 is 1.59 bits per heavy atom. The number of nitrogens with one attached hydrogen (secondary N) is 2. The van der Waals surface area contributed by atoms with Crippen LogP contribution in [0, 0.1) is 5.82 Å². The van der Waals surface area contributed by atoms with Gasteiger partial charge in [0.1, 0.15) is 11.6 Å². The highest BCUT2D eigenvalue weighted by Crippen LogP contribution is 2.37. The van der Waals surface area contributed by atoms with Crippen LogP contribution in [-0.2, 0) is 11.0 Å². The SMILES string of the molecule is COc1ccc(SC(C)C(=O)Nc2ccc(NC(=O)c3ccc(F)cc3)cc2C(F)(F)F)cc1. The number of methoxy groups -OCH3 is 1. The van der Waals surface area contributed by atoms with Gasteiger partial charge in [0.15, 0.2) is 0 Å². The largest absolute Gasteiger partial charge is 0.497 e. The van der Waals surface area contributed by atoms with E-state index >= 15 is 0 Å². The van der Waals surface area contributed by atoms with E-state index in [1.165, 1.54) is 37.1 Å². The Morgan fingerprint density at radius 3 is 2.18 bits per heavy atom. The average molecular weight is 492 g/mol. The molecule has 10 heteroatoms. The lowest BCUT2D eigenvalue weighted by atomic mass is 10.1. The molecule has 0 bridgehead atoms. The van der Waals surface area contributed by atoms with Crippen LogP contribution in [0.25, 0.3) is 0 Å². The Bertz CT molecular complexity index is 1170. The summed E-state index contributed by atoms with van der Waals surface area (Å²) in [6.07, 6.45) is -4.79. The van der Waals surface area contributed by atoms with Crippen LogP contribution in [0.2, 0.25) is 0 Å². The molecular formula is C24H20F4N2O3S. The molecule has 3 aromatic rings. The van der Waals surface area contributed by atoms with Gasteiger partial charge in [-0.2, -0.15) is 13.2 Å². The molecule has 3 aromatic carbocycles. The predicted molar refractivity (Wildman–Crippen MR) is 123 cm³/mol. The summed E-state index contributed by atoms with van der Waals surface area (Å²) < 4.78 is 59.1. The van der Waals surface area contributed by atoms with Gasteiger partial charge in [-0.1, -0.05) is 0 Å². The quantitative estimate of drug-likeness (QED) is 0.303. The van der Waals surface area contributed by atoms with E-state index in [0.717, 1.165) is 29.2 Å². The fraction of sp³-hybridized carbons (Fsp3) is 0.167. The number of hydrogen-bond donors (Lipinski definition) is 2. The summed E-state index contributed by atoms with van der Waals surface area (Å²) in [5.74, 6) is -1.22. The molecule has 2 N–H and O–H groups in total. The number of halogens is 4. The highest BCUT2D eigenvalue weighted by Gasteiger charge is 2.35. The van der Waals surface area contributed by atoms with Crippen molar-refractivity contribution in [2.24, 2.45) is 0 Å². The van der Waals surface area contributed by atoms with Gasteiger partial charge in [0.05, 0.1) is 23.6 Å². The van der Waals surface area contributed by atoms with E-state index < -0.39 is 40.3 Å². The lowest BCUT2D eigenvalue weighted by Crippen LogP contribution is -2.24. The zero-order valence-corrected chi connectivity index (χ0v) is 18.9. The minimum Gasteiger partial charge on any atom is -0.497 e. The van der Waals surface area contributed by atoms with Crippen molar-refractivity contribution in [1.29, 1.82) is 0 Å². The minimum absolute atomic E-state index is 0.0803. The molecule has 0 fully saturated rings. The van der Waals surface area contributed by atoms with Crippen LogP contribution in [0.4, 0.5) is 28.9 Å². The molecule has 0 aliphatic carbocycles. The third-order valence-electron chi connectivity index (χ3n) is 4.69. The van der Waals surface area contributed by atoms with Crippen LogP contribution in [0.5, 0.6) is 5.75 Å². The zero-order valence-electron chi connectivity index (χ0n) is 18.1. The van der Waals surface area contributed by atoms with Crippen LogP contribution >= 0.6 is 11.8 Å². The number of thioether (sulfide) groups is 1. The molecule has 0 spiro atoms. The molecule has 2 amide bonds. The van der Waals surface area contributed by atoms with Gasteiger partial charge >= 0.3 is 6.18 Å². The second kappa shape index (κ2) is 10.6. The maximum Gasteiger partial charge on any atom is 0.418 e. The third kappa shape index (κ3) is 6.50. The van der Waals surface area contributed by atoms with Crippen LogP contribution in [0.15, 0.2) is 71.6 Å². The van der Waals surface area contributed by atoms with Gasteiger partial charge in [0, 0.05) is 16.1 Å². The Hall–Kier alpha value is -3.53. The van der Waals surface area contributed by atoms with Gasteiger partial charge in [-0.25, -0.2) is 4.39 Å². The van der Waals surface area contributed by atoms with Crippen LogP contribution in [-0.4, -0.2) is 24.2 Å². The molecule has 34 heavy (non-hydrogen) atoms.